The summed E-state index contributed by atoms with van der Waals surface area (Å²) in [4.78, 5) is 11.7. The highest BCUT2D eigenvalue weighted by Gasteiger charge is 2.25. The van der Waals surface area contributed by atoms with Crippen molar-refractivity contribution < 1.29 is 38.7 Å². The molecule has 2 aromatic rings. The molecule has 8 heteroatoms. The van der Waals surface area contributed by atoms with Crippen molar-refractivity contribution in [2.45, 2.75) is 12.2 Å². The van der Waals surface area contributed by atoms with Gasteiger partial charge in [0.2, 0.25) is 0 Å². The first kappa shape index (κ1) is 21.3. The molecule has 152 valence electrons. The van der Waals surface area contributed by atoms with Crippen LogP contribution >= 0.6 is 0 Å². The number of ether oxygens (including phenoxy) is 5. The zero-order valence-electron chi connectivity index (χ0n) is 16.2. The monoisotopic (exact) mass is 392 g/mol. The Labute approximate surface area is 163 Å². The number of aliphatic hydroxyl groups excluding tert-OH is 2. The molecule has 2 aromatic carbocycles. The van der Waals surface area contributed by atoms with Crippen LogP contribution < -0.4 is 18.9 Å². The van der Waals surface area contributed by atoms with E-state index in [0.29, 0.717) is 17.1 Å². The van der Waals surface area contributed by atoms with Crippen LogP contribution in [0.15, 0.2) is 36.4 Å². The lowest BCUT2D eigenvalue weighted by atomic mass is 10.0. The van der Waals surface area contributed by atoms with Crippen LogP contribution in [0.2, 0.25) is 0 Å². The maximum absolute atomic E-state index is 11.7. The molecule has 0 aliphatic carbocycles. The standard InChI is InChI=1S/C20H24O8/c1-24-14-7-5-12(9-16(14)25-2)19(22)18(11-21)28-15-8-6-13(20(23)27-4)10-17(15)26-3/h5-10,18-19,21-22H,11H2,1-4H3/t18-,19+/m1/s1. The van der Waals surface area contributed by atoms with E-state index in [0.717, 1.165) is 0 Å². The maximum atomic E-state index is 11.7. The van der Waals surface area contributed by atoms with Gasteiger partial charge in [-0.2, -0.15) is 0 Å². The predicted molar refractivity (Wildman–Crippen MR) is 100 cm³/mol. The molecule has 0 saturated heterocycles. The lowest BCUT2D eigenvalue weighted by molar-refractivity contribution is -0.000546. The van der Waals surface area contributed by atoms with Crippen molar-refractivity contribution in [2.24, 2.45) is 0 Å². The fraction of sp³-hybridized carbons (Fsp3) is 0.350. The summed E-state index contributed by atoms with van der Waals surface area (Å²) >= 11 is 0. The summed E-state index contributed by atoms with van der Waals surface area (Å²) in [6.45, 7) is -0.461. The largest absolute Gasteiger partial charge is 0.493 e. The first-order valence-electron chi connectivity index (χ1n) is 8.42. The molecule has 0 amide bonds. The van der Waals surface area contributed by atoms with Gasteiger partial charge in [0.25, 0.3) is 0 Å². The minimum Gasteiger partial charge on any atom is -0.493 e. The lowest BCUT2D eigenvalue weighted by Crippen LogP contribution is -2.29. The van der Waals surface area contributed by atoms with E-state index in [1.54, 1.807) is 18.2 Å². The summed E-state index contributed by atoms with van der Waals surface area (Å²) in [5.41, 5.74) is 0.759. The quantitative estimate of drug-likeness (QED) is 0.625. The van der Waals surface area contributed by atoms with Gasteiger partial charge in [-0.3, -0.25) is 0 Å². The second-order valence-electron chi connectivity index (χ2n) is 5.76. The average Bonchev–Trinajstić information content (AvgIpc) is 2.75. The van der Waals surface area contributed by atoms with E-state index in [2.05, 4.69) is 4.74 Å². The van der Waals surface area contributed by atoms with E-state index < -0.39 is 24.8 Å². The van der Waals surface area contributed by atoms with Crippen molar-refractivity contribution >= 4 is 5.97 Å². The first-order valence-corrected chi connectivity index (χ1v) is 8.42. The molecule has 28 heavy (non-hydrogen) atoms. The van der Waals surface area contributed by atoms with Crippen LogP contribution in [0.5, 0.6) is 23.0 Å². The van der Waals surface area contributed by atoms with Gasteiger partial charge >= 0.3 is 5.97 Å². The Kier molecular flexibility index (Phi) is 7.48. The highest BCUT2D eigenvalue weighted by atomic mass is 16.5. The number of methoxy groups -OCH3 is 4. The number of esters is 1. The third-order valence-electron chi connectivity index (χ3n) is 4.14. The van der Waals surface area contributed by atoms with Crippen LogP contribution in [-0.4, -0.2) is 57.3 Å². The van der Waals surface area contributed by atoms with Crippen molar-refractivity contribution in [3.05, 3.63) is 47.5 Å². The Bertz CT molecular complexity index is 805. The number of benzene rings is 2. The second kappa shape index (κ2) is 9.82. The Morgan fingerprint density at radius 3 is 2.07 bits per heavy atom. The third kappa shape index (κ3) is 4.65. The van der Waals surface area contributed by atoms with E-state index in [1.165, 1.54) is 46.6 Å². The minimum atomic E-state index is -1.16. The molecule has 0 heterocycles. The molecule has 8 nitrogen and oxygen atoms in total. The Balaban J connectivity index is 2.27. The van der Waals surface area contributed by atoms with Gasteiger partial charge in [0.05, 0.1) is 40.6 Å². The zero-order chi connectivity index (χ0) is 20.7. The molecule has 2 atom stereocenters. The smallest absolute Gasteiger partial charge is 0.337 e. The van der Waals surface area contributed by atoms with Gasteiger partial charge in [-0.05, 0) is 35.9 Å². The Morgan fingerprint density at radius 1 is 0.893 bits per heavy atom. The Hall–Kier alpha value is -2.97. The molecule has 0 aliphatic rings. The van der Waals surface area contributed by atoms with Crippen LogP contribution in [0.25, 0.3) is 0 Å². The van der Waals surface area contributed by atoms with Crippen molar-refractivity contribution in [3.63, 3.8) is 0 Å². The molecule has 0 fully saturated rings. The molecule has 0 spiro atoms. The number of carbonyl (C=O) groups excluding carboxylic acids is 1. The van der Waals surface area contributed by atoms with Crippen molar-refractivity contribution in [1.29, 1.82) is 0 Å². The minimum absolute atomic E-state index is 0.258. The van der Waals surface area contributed by atoms with Crippen LogP contribution in [0.1, 0.15) is 22.0 Å². The number of rotatable bonds is 9. The van der Waals surface area contributed by atoms with E-state index in [9.17, 15) is 15.0 Å². The fourth-order valence-corrected chi connectivity index (χ4v) is 2.63. The summed E-state index contributed by atoms with van der Waals surface area (Å²) in [7, 11) is 5.70. The van der Waals surface area contributed by atoms with Gasteiger partial charge in [0, 0.05) is 0 Å². The van der Waals surface area contributed by atoms with E-state index in [4.69, 9.17) is 18.9 Å². The first-order chi connectivity index (χ1) is 13.5. The van der Waals surface area contributed by atoms with Crippen molar-refractivity contribution in [1.82, 2.24) is 0 Å². The van der Waals surface area contributed by atoms with Gasteiger partial charge in [0.15, 0.2) is 29.1 Å². The molecule has 0 saturated carbocycles. The summed E-state index contributed by atoms with van der Waals surface area (Å²) in [5, 5.41) is 20.4. The van der Waals surface area contributed by atoms with Crippen LogP contribution in [0.3, 0.4) is 0 Å². The molecule has 2 N–H and O–H groups in total. The predicted octanol–water partition coefficient (Wildman–Crippen LogP) is 1.97. The van der Waals surface area contributed by atoms with Crippen molar-refractivity contribution in [2.75, 3.05) is 35.0 Å². The fourth-order valence-electron chi connectivity index (χ4n) is 2.63. The van der Waals surface area contributed by atoms with E-state index in [1.807, 2.05) is 0 Å². The van der Waals surface area contributed by atoms with Crippen molar-refractivity contribution in [3.8, 4) is 23.0 Å². The van der Waals surface area contributed by atoms with Crippen LogP contribution in [0.4, 0.5) is 0 Å². The molecular formula is C20H24O8. The van der Waals surface area contributed by atoms with E-state index >= 15 is 0 Å². The SMILES string of the molecule is COC(=O)c1ccc(O[C@H](CO)[C@@H](O)c2ccc(OC)c(OC)c2)c(OC)c1. The molecule has 0 bridgehead atoms. The van der Waals surface area contributed by atoms with Gasteiger partial charge in [-0.25, -0.2) is 4.79 Å². The summed E-state index contributed by atoms with van der Waals surface area (Å²) < 4.78 is 26.1. The van der Waals surface area contributed by atoms with Crippen LogP contribution in [-0.2, 0) is 4.74 Å². The summed E-state index contributed by atoms with van der Waals surface area (Å²) in [6, 6.07) is 9.37. The Morgan fingerprint density at radius 2 is 1.50 bits per heavy atom. The van der Waals surface area contributed by atoms with Gasteiger partial charge in [-0.1, -0.05) is 6.07 Å². The van der Waals surface area contributed by atoms with Gasteiger partial charge < -0.3 is 33.9 Å². The molecule has 0 aromatic heterocycles. The van der Waals surface area contributed by atoms with Gasteiger partial charge in [0.1, 0.15) is 6.10 Å². The molecule has 0 radical (unpaired) electrons. The topological polar surface area (TPSA) is 104 Å². The zero-order valence-corrected chi connectivity index (χ0v) is 16.2. The highest BCUT2D eigenvalue weighted by Crippen LogP contribution is 2.34. The lowest BCUT2D eigenvalue weighted by Gasteiger charge is -2.24. The molecular weight excluding hydrogens is 368 g/mol. The summed E-state index contributed by atoms with van der Waals surface area (Å²) in [6.07, 6.45) is -2.15. The van der Waals surface area contributed by atoms with Crippen LogP contribution in [0, 0.1) is 0 Å². The molecule has 2 rings (SSSR count). The summed E-state index contributed by atoms with van der Waals surface area (Å²) in [5.74, 6) is 0.958. The third-order valence-corrected chi connectivity index (χ3v) is 4.14. The second-order valence-corrected chi connectivity index (χ2v) is 5.76. The number of carbonyl (C=O) groups is 1. The number of hydrogen-bond donors (Lipinski definition) is 2. The molecule has 0 unspecified atom stereocenters. The number of hydrogen-bond acceptors (Lipinski definition) is 8. The maximum Gasteiger partial charge on any atom is 0.337 e. The normalized spacial score (nSPS) is 12.6. The average molecular weight is 392 g/mol. The van der Waals surface area contributed by atoms with E-state index in [-0.39, 0.29) is 17.1 Å². The van der Waals surface area contributed by atoms with Gasteiger partial charge in [-0.15, -0.1) is 0 Å². The highest BCUT2D eigenvalue weighted by molar-refractivity contribution is 5.90. The number of aliphatic hydroxyl groups is 2. The molecule has 0 aliphatic heterocycles.